The van der Waals surface area contributed by atoms with Gasteiger partial charge in [0.25, 0.3) is 0 Å². The lowest BCUT2D eigenvalue weighted by atomic mass is 10.2. The second kappa shape index (κ2) is 6.62. The molecule has 0 radical (unpaired) electrons. The number of para-hydroxylation sites is 2. The lowest BCUT2D eigenvalue weighted by Crippen LogP contribution is -2.23. The molecule has 1 aromatic heterocycles. The molecule has 2 N–H and O–H groups in total. The maximum atomic E-state index is 6.10. The Kier molecular flexibility index (Phi) is 4.86. The van der Waals surface area contributed by atoms with Gasteiger partial charge in [0.2, 0.25) is 0 Å². The van der Waals surface area contributed by atoms with Crippen LogP contribution in [-0.2, 0) is 13.0 Å². The van der Waals surface area contributed by atoms with Crippen molar-refractivity contribution in [3.63, 3.8) is 0 Å². The Hall–Kier alpha value is -1.48. The first-order chi connectivity index (χ1) is 9.24. The van der Waals surface area contributed by atoms with Gasteiger partial charge in [0, 0.05) is 16.3 Å². The molecule has 102 valence electrons. The highest BCUT2D eigenvalue weighted by atomic mass is 32.1. The van der Waals surface area contributed by atoms with E-state index in [4.69, 9.17) is 5.73 Å². The van der Waals surface area contributed by atoms with Crippen LogP contribution in [0.1, 0.15) is 30.0 Å². The van der Waals surface area contributed by atoms with Crippen molar-refractivity contribution in [1.82, 2.24) is 0 Å². The average molecular weight is 274 g/mol. The average Bonchev–Trinajstić information content (AvgIpc) is 2.87. The Morgan fingerprint density at radius 3 is 2.42 bits per heavy atom. The lowest BCUT2D eigenvalue weighted by Gasteiger charge is -2.25. The van der Waals surface area contributed by atoms with Crippen molar-refractivity contribution in [3.8, 4) is 0 Å². The minimum Gasteiger partial charge on any atom is -0.397 e. The fourth-order valence-corrected chi connectivity index (χ4v) is 3.19. The Balaban J connectivity index is 2.18. The number of nitrogens with zero attached hydrogens (tertiary/aromatic N) is 1. The van der Waals surface area contributed by atoms with Crippen LogP contribution in [0.3, 0.4) is 0 Å². The highest BCUT2D eigenvalue weighted by Crippen LogP contribution is 2.26. The molecule has 0 saturated heterocycles. The molecule has 0 unspecified atom stereocenters. The molecule has 1 heterocycles. The highest BCUT2D eigenvalue weighted by Gasteiger charge is 2.10. The smallest absolute Gasteiger partial charge is 0.0603 e. The first kappa shape index (κ1) is 13.9. The number of hydrogen-bond acceptors (Lipinski definition) is 3. The molecule has 2 aromatic rings. The number of nitrogens with two attached hydrogens (primary N) is 1. The fraction of sp³-hybridized carbons (Fsp3) is 0.375. The molecular formula is C16H22N2S. The van der Waals surface area contributed by atoms with Gasteiger partial charge in [0.1, 0.15) is 0 Å². The molecule has 1 aromatic carbocycles. The van der Waals surface area contributed by atoms with Crippen LogP contribution in [0.25, 0.3) is 0 Å². The van der Waals surface area contributed by atoms with E-state index in [1.54, 1.807) is 0 Å². The second-order valence-electron chi connectivity index (χ2n) is 4.70. The van der Waals surface area contributed by atoms with Crippen molar-refractivity contribution in [2.45, 2.75) is 33.2 Å². The number of anilines is 2. The fourth-order valence-electron chi connectivity index (χ4n) is 2.22. The van der Waals surface area contributed by atoms with Gasteiger partial charge in [-0.25, -0.2) is 0 Å². The molecule has 0 bridgehead atoms. The van der Waals surface area contributed by atoms with Gasteiger partial charge in [-0.2, -0.15) is 0 Å². The van der Waals surface area contributed by atoms with Gasteiger partial charge in [0.15, 0.2) is 0 Å². The molecule has 2 nitrogen and oxygen atoms in total. The van der Waals surface area contributed by atoms with Gasteiger partial charge >= 0.3 is 0 Å². The van der Waals surface area contributed by atoms with Crippen LogP contribution in [0.5, 0.6) is 0 Å². The Bertz CT molecular complexity index is 519. The van der Waals surface area contributed by atoms with Crippen molar-refractivity contribution < 1.29 is 0 Å². The van der Waals surface area contributed by atoms with E-state index in [-0.39, 0.29) is 0 Å². The van der Waals surface area contributed by atoms with Crippen molar-refractivity contribution in [1.29, 1.82) is 0 Å². The number of hydrogen-bond donors (Lipinski definition) is 1. The monoisotopic (exact) mass is 274 g/mol. The van der Waals surface area contributed by atoms with E-state index >= 15 is 0 Å². The molecule has 0 atom stereocenters. The number of benzene rings is 1. The largest absolute Gasteiger partial charge is 0.397 e. The van der Waals surface area contributed by atoms with Gasteiger partial charge in [-0.1, -0.05) is 26.0 Å². The van der Waals surface area contributed by atoms with Crippen molar-refractivity contribution in [2.24, 2.45) is 0 Å². The van der Waals surface area contributed by atoms with Crippen LogP contribution in [-0.4, -0.2) is 6.54 Å². The van der Waals surface area contributed by atoms with Crippen molar-refractivity contribution in [3.05, 3.63) is 46.2 Å². The van der Waals surface area contributed by atoms with Gasteiger partial charge in [-0.3, -0.25) is 0 Å². The van der Waals surface area contributed by atoms with Gasteiger partial charge < -0.3 is 10.6 Å². The van der Waals surface area contributed by atoms with Crippen molar-refractivity contribution >= 4 is 22.7 Å². The summed E-state index contributed by atoms with van der Waals surface area (Å²) in [5.41, 5.74) is 8.11. The summed E-state index contributed by atoms with van der Waals surface area (Å²) in [7, 11) is 0. The molecule has 0 aliphatic carbocycles. The maximum absolute atomic E-state index is 6.10. The Morgan fingerprint density at radius 1 is 1.05 bits per heavy atom. The van der Waals surface area contributed by atoms with Crippen LogP contribution in [0.15, 0.2) is 36.4 Å². The van der Waals surface area contributed by atoms with Crippen LogP contribution >= 0.6 is 11.3 Å². The zero-order valence-corrected chi connectivity index (χ0v) is 12.5. The van der Waals surface area contributed by atoms with E-state index in [1.807, 2.05) is 23.5 Å². The zero-order valence-electron chi connectivity index (χ0n) is 11.7. The normalized spacial score (nSPS) is 10.6. The number of aryl methyl sites for hydroxylation is 1. The lowest BCUT2D eigenvalue weighted by molar-refractivity contribution is 0.775. The molecule has 0 aliphatic rings. The van der Waals surface area contributed by atoms with Gasteiger partial charge in [-0.05, 0) is 37.1 Å². The molecular weight excluding hydrogens is 252 g/mol. The number of rotatable bonds is 6. The van der Waals surface area contributed by atoms with Crippen LogP contribution in [0, 0.1) is 0 Å². The molecule has 2 rings (SSSR count). The van der Waals surface area contributed by atoms with Crippen LogP contribution in [0.4, 0.5) is 11.4 Å². The summed E-state index contributed by atoms with van der Waals surface area (Å²) >= 11 is 1.91. The summed E-state index contributed by atoms with van der Waals surface area (Å²) in [4.78, 5) is 5.24. The summed E-state index contributed by atoms with van der Waals surface area (Å²) in [6.07, 6.45) is 2.24. The Morgan fingerprint density at radius 2 is 1.79 bits per heavy atom. The maximum Gasteiger partial charge on any atom is 0.0603 e. The third-order valence-corrected chi connectivity index (χ3v) is 4.40. The topological polar surface area (TPSA) is 29.3 Å². The summed E-state index contributed by atoms with van der Waals surface area (Å²) in [5, 5.41) is 0. The predicted octanol–water partition coefficient (Wildman–Crippen LogP) is 4.31. The van der Waals surface area contributed by atoms with E-state index in [9.17, 15) is 0 Å². The molecule has 0 fully saturated rings. The SMILES string of the molecule is CCCN(Cc1ccc(CC)s1)c1ccccc1N. The van der Waals surface area contributed by atoms with Crippen molar-refractivity contribution in [2.75, 3.05) is 17.2 Å². The minimum atomic E-state index is 0.864. The standard InChI is InChI=1S/C16H22N2S/c1-3-11-18(16-8-6-5-7-15(16)17)12-14-10-9-13(4-2)19-14/h5-10H,3-4,11-12,17H2,1-2H3. The predicted molar refractivity (Wildman–Crippen MR) is 85.9 cm³/mol. The summed E-state index contributed by atoms with van der Waals surface area (Å²) in [6, 6.07) is 12.6. The molecule has 0 amide bonds. The van der Waals surface area contributed by atoms with E-state index < -0.39 is 0 Å². The summed E-state index contributed by atoms with van der Waals surface area (Å²) < 4.78 is 0. The number of nitrogen functional groups attached to an aromatic ring is 1. The molecule has 0 aliphatic heterocycles. The van der Waals surface area contributed by atoms with E-state index in [0.717, 1.165) is 37.3 Å². The third kappa shape index (κ3) is 3.51. The molecule has 19 heavy (non-hydrogen) atoms. The van der Waals surface area contributed by atoms with E-state index in [1.165, 1.54) is 9.75 Å². The van der Waals surface area contributed by atoms with Crippen LogP contribution in [0.2, 0.25) is 0 Å². The quantitative estimate of drug-likeness (QED) is 0.795. The van der Waals surface area contributed by atoms with Crippen LogP contribution < -0.4 is 10.6 Å². The molecule has 3 heteroatoms. The number of thiophene rings is 1. The summed E-state index contributed by atoms with van der Waals surface area (Å²) in [5.74, 6) is 0. The molecule has 0 saturated carbocycles. The van der Waals surface area contributed by atoms with Gasteiger partial charge in [0.05, 0.1) is 17.9 Å². The Labute approximate surface area is 119 Å². The first-order valence-electron chi connectivity index (χ1n) is 6.91. The first-order valence-corrected chi connectivity index (χ1v) is 7.73. The van der Waals surface area contributed by atoms with E-state index in [2.05, 4.69) is 43.0 Å². The second-order valence-corrected chi connectivity index (χ2v) is 5.95. The third-order valence-electron chi connectivity index (χ3n) is 3.18. The molecule has 0 spiro atoms. The zero-order chi connectivity index (χ0) is 13.7. The summed E-state index contributed by atoms with van der Waals surface area (Å²) in [6.45, 7) is 6.40. The van der Waals surface area contributed by atoms with Gasteiger partial charge in [-0.15, -0.1) is 11.3 Å². The minimum absolute atomic E-state index is 0.864. The highest BCUT2D eigenvalue weighted by molar-refractivity contribution is 7.12. The van der Waals surface area contributed by atoms with E-state index in [0.29, 0.717) is 0 Å².